The second-order valence-corrected chi connectivity index (χ2v) is 13.4. The highest BCUT2D eigenvalue weighted by Crippen LogP contribution is 2.50. The third-order valence-electron chi connectivity index (χ3n) is 6.20. The fourth-order valence-electron chi connectivity index (χ4n) is 4.20. The Balaban J connectivity index is 1.61. The van der Waals surface area contributed by atoms with Crippen molar-refractivity contribution in [1.82, 2.24) is 0 Å². The van der Waals surface area contributed by atoms with E-state index in [0.29, 0.717) is 9.84 Å². The van der Waals surface area contributed by atoms with Crippen molar-refractivity contribution in [3.05, 3.63) is 113 Å². The quantitative estimate of drug-likeness (QED) is 0.132. The summed E-state index contributed by atoms with van der Waals surface area (Å²) >= 11 is 4.57. The van der Waals surface area contributed by atoms with Gasteiger partial charge in [-0.2, -0.15) is 0 Å². The van der Waals surface area contributed by atoms with Crippen molar-refractivity contribution in [2.24, 2.45) is 0 Å². The molecule has 3 heteroatoms. The van der Waals surface area contributed by atoms with Crippen LogP contribution in [0.1, 0.15) is 51.5 Å². The second-order valence-electron chi connectivity index (χ2n) is 9.05. The number of rotatable bonds is 4. The minimum Gasteiger partial charge on any atom is -0.0894 e. The lowest BCUT2D eigenvalue weighted by atomic mass is 9.97. The Morgan fingerprint density at radius 2 is 1.15 bits per heavy atom. The number of aryl methyl sites for hydroxylation is 2. The molecule has 4 aromatic rings. The topological polar surface area (TPSA) is 0 Å². The largest absolute Gasteiger partial charge is 0.166 e. The zero-order chi connectivity index (χ0) is 23.1. The average Bonchev–Trinajstić information content (AvgIpc) is 2.82. The van der Waals surface area contributed by atoms with Gasteiger partial charge in [0, 0.05) is 9.79 Å². The molecule has 0 N–H and O–H groups in total. The normalized spacial score (nSPS) is 14.9. The first-order valence-corrected chi connectivity index (χ1v) is 14.7. The molecule has 0 saturated carbocycles. The van der Waals surface area contributed by atoms with Gasteiger partial charge in [0.05, 0.1) is 14.8 Å². The molecule has 0 nitrogen and oxygen atoms in total. The van der Waals surface area contributed by atoms with E-state index in [4.69, 9.17) is 0 Å². The SMILES string of the molecule is Cc1ccc([S+](c2ccc(C)cc2)c2ccc3c(c2)C(I)c2cc(C(C)C)ccc2S3)cc1. The molecule has 0 spiro atoms. The first-order valence-electron chi connectivity index (χ1n) is 11.4. The van der Waals surface area contributed by atoms with E-state index in [-0.39, 0.29) is 10.9 Å². The third kappa shape index (κ3) is 4.65. The van der Waals surface area contributed by atoms with Crippen molar-refractivity contribution in [2.75, 3.05) is 0 Å². The van der Waals surface area contributed by atoms with Gasteiger partial charge in [-0.25, -0.2) is 0 Å². The average molecular weight is 580 g/mol. The van der Waals surface area contributed by atoms with Crippen LogP contribution in [-0.2, 0) is 10.9 Å². The summed E-state index contributed by atoms with van der Waals surface area (Å²) in [6.45, 7) is 8.88. The number of hydrogen-bond donors (Lipinski definition) is 0. The molecule has 1 aliphatic heterocycles. The predicted octanol–water partition coefficient (Wildman–Crippen LogP) is 9.51. The molecule has 0 radical (unpaired) electrons. The van der Waals surface area contributed by atoms with E-state index in [0.717, 1.165) is 0 Å². The van der Waals surface area contributed by atoms with Crippen LogP contribution in [0.4, 0.5) is 0 Å². The molecule has 0 aromatic heterocycles. The highest BCUT2D eigenvalue weighted by atomic mass is 127. The molecular weight excluding hydrogens is 551 g/mol. The molecule has 1 unspecified atom stereocenters. The van der Waals surface area contributed by atoms with Crippen molar-refractivity contribution < 1.29 is 0 Å². The first kappa shape index (κ1) is 23.1. The van der Waals surface area contributed by atoms with Crippen LogP contribution in [0.2, 0.25) is 0 Å². The van der Waals surface area contributed by atoms with Gasteiger partial charge in [-0.3, -0.25) is 0 Å². The Hall–Kier alpha value is -1.69. The van der Waals surface area contributed by atoms with Crippen molar-refractivity contribution in [3.8, 4) is 0 Å². The van der Waals surface area contributed by atoms with Gasteiger partial charge in [0.1, 0.15) is 0 Å². The van der Waals surface area contributed by atoms with Crippen molar-refractivity contribution in [1.29, 1.82) is 0 Å². The minimum absolute atomic E-state index is 0.126. The summed E-state index contributed by atoms with van der Waals surface area (Å²) in [5.74, 6) is 0.547. The summed E-state index contributed by atoms with van der Waals surface area (Å²) in [6, 6.07) is 32.4. The zero-order valence-electron chi connectivity index (χ0n) is 19.4. The van der Waals surface area contributed by atoms with Gasteiger partial charge in [0.25, 0.3) is 0 Å². The summed E-state index contributed by atoms with van der Waals surface area (Å²) in [5.41, 5.74) is 6.94. The van der Waals surface area contributed by atoms with Crippen molar-refractivity contribution >= 4 is 45.2 Å². The number of fused-ring (bicyclic) bond motifs is 2. The molecule has 1 heterocycles. The van der Waals surface area contributed by atoms with Crippen LogP contribution in [0.5, 0.6) is 0 Å². The fourth-order valence-corrected chi connectivity index (χ4v) is 8.84. The highest BCUT2D eigenvalue weighted by molar-refractivity contribution is 14.1. The fraction of sp³-hybridized carbons (Fsp3) is 0.200. The van der Waals surface area contributed by atoms with Gasteiger partial charge < -0.3 is 0 Å². The van der Waals surface area contributed by atoms with Gasteiger partial charge in [-0.05, 0) is 85.0 Å². The number of benzene rings is 4. The van der Waals surface area contributed by atoms with E-state index in [1.165, 1.54) is 52.3 Å². The molecule has 1 aliphatic rings. The Morgan fingerprint density at radius 1 is 0.667 bits per heavy atom. The molecule has 166 valence electrons. The van der Waals surface area contributed by atoms with Crippen LogP contribution < -0.4 is 0 Å². The van der Waals surface area contributed by atoms with Crippen LogP contribution in [0.25, 0.3) is 0 Å². The van der Waals surface area contributed by atoms with E-state index in [1.54, 1.807) is 0 Å². The summed E-state index contributed by atoms with van der Waals surface area (Å²) in [6.07, 6.45) is 0. The summed E-state index contributed by atoms with van der Waals surface area (Å²) in [7, 11) is -0.126. The molecule has 0 aliphatic carbocycles. The van der Waals surface area contributed by atoms with Crippen LogP contribution in [0.15, 0.2) is 109 Å². The van der Waals surface area contributed by atoms with Gasteiger partial charge in [0.15, 0.2) is 14.7 Å². The maximum absolute atomic E-state index is 2.65. The lowest BCUT2D eigenvalue weighted by Gasteiger charge is -2.25. The van der Waals surface area contributed by atoms with Crippen LogP contribution in [0.3, 0.4) is 0 Å². The Kier molecular flexibility index (Phi) is 6.65. The monoisotopic (exact) mass is 579 g/mol. The molecule has 1 atom stereocenters. The summed E-state index contributed by atoms with van der Waals surface area (Å²) < 4.78 is 0.369. The minimum atomic E-state index is -0.126. The molecule has 33 heavy (non-hydrogen) atoms. The van der Waals surface area contributed by atoms with Crippen LogP contribution >= 0.6 is 34.4 Å². The lowest BCUT2D eigenvalue weighted by molar-refractivity contribution is 0.858. The standard InChI is InChI=1S/C30H28IS2/c1-19(2)22-9-15-28-26(17-22)30(31)27-18-25(14-16-29(27)32-28)33(23-10-5-20(3)6-11-23)24-12-7-21(4)8-13-24/h5-19,30H,1-4H3/q+1. The van der Waals surface area contributed by atoms with Gasteiger partial charge in [-0.15, -0.1) is 0 Å². The predicted molar refractivity (Wildman–Crippen MR) is 151 cm³/mol. The van der Waals surface area contributed by atoms with E-state index in [1.807, 2.05) is 11.8 Å². The van der Waals surface area contributed by atoms with E-state index < -0.39 is 0 Å². The maximum atomic E-state index is 2.65. The second kappa shape index (κ2) is 9.52. The Morgan fingerprint density at radius 3 is 1.70 bits per heavy atom. The third-order valence-corrected chi connectivity index (χ3v) is 10.9. The van der Waals surface area contributed by atoms with Gasteiger partial charge in [0.2, 0.25) is 0 Å². The van der Waals surface area contributed by atoms with E-state index >= 15 is 0 Å². The smallest absolute Gasteiger partial charge is 0.0894 e. The molecule has 5 rings (SSSR count). The summed E-state index contributed by atoms with van der Waals surface area (Å²) in [5, 5.41) is 0. The van der Waals surface area contributed by atoms with Crippen LogP contribution in [0, 0.1) is 13.8 Å². The Bertz CT molecular complexity index is 1240. The van der Waals surface area contributed by atoms with Crippen molar-refractivity contribution in [2.45, 2.75) is 62.0 Å². The summed E-state index contributed by atoms with van der Waals surface area (Å²) in [4.78, 5) is 6.93. The number of halogens is 1. The molecule has 0 bridgehead atoms. The first-order chi connectivity index (χ1) is 15.9. The maximum Gasteiger partial charge on any atom is 0.166 e. The highest BCUT2D eigenvalue weighted by Gasteiger charge is 2.32. The molecule has 0 fully saturated rings. The molecular formula is C30H28IS2+. The number of hydrogen-bond acceptors (Lipinski definition) is 1. The van der Waals surface area contributed by atoms with Gasteiger partial charge in [-0.1, -0.05) is 95.7 Å². The number of alkyl halides is 1. The van der Waals surface area contributed by atoms with Crippen LogP contribution in [-0.4, -0.2) is 0 Å². The lowest BCUT2D eigenvalue weighted by Crippen LogP contribution is -2.09. The zero-order valence-corrected chi connectivity index (χ0v) is 23.2. The molecule has 0 amide bonds. The molecule has 4 aromatic carbocycles. The molecule has 0 saturated heterocycles. The van der Waals surface area contributed by atoms with Crippen molar-refractivity contribution in [3.63, 3.8) is 0 Å². The van der Waals surface area contributed by atoms with E-state index in [2.05, 4.69) is 135 Å². The van der Waals surface area contributed by atoms with E-state index in [9.17, 15) is 0 Å². The Labute approximate surface area is 218 Å². The van der Waals surface area contributed by atoms with Gasteiger partial charge >= 0.3 is 0 Å².